The van der Waals surface area contributed by atoms with Gasteiger partial charge in [-0.05, 0) is 0 Å². The SMILES string of the molecule is Nc1c(C(=O)O)ncn1[C@@H]1O[C@@H]2COP(=O)(O)O[C@H]2[C@H]1O. The van der Waals surface area contributed by atoms with E-state index in [1.807, 2.05) is 0 Å². The van der Waals surface area contributed by atoms with E-state index < -0.39 is 38.3 Å². The Morgan fingerprint density at radius 3 is 2.90 bits per heavy atom. The highest BCUT2D eigenvalue weighted by Crippen LogP contribution is 2.52. The Labute approximate surface area is 117 Å². The van der Waals surface area contributed by atoms with E-state index >= 15 is 0 Å². The van der Waals surface area contributed by atoms with Crippen LogP contribution in [0.4, 0.5) is 5.82 Å². The van der Waals surface area contributed by atoms with Crippen molar-refractivity contribution in [1.29, 1.82) is 0 Å². The first-order chi connectivity index (χ1) is 9.80. The van der Waals surface area contributed by atoms with E-state index in [9.17, 15) is 19.4 Å². The highest BCUT2D eigenvalue weighted by atomic mass is 31.2. The van der Waals surface area contributed by atoms with Gasteiger partial charge in [-0.25, -0.2) is 14.3 Å². The van der Waals surface area contributed by atoms with Crippen molar-refractivity contribution in [2.24, 2.45) is 0 Å². The molecular weight excluding hydrogens is 309 g/mol. The lowest BCUT2D eigenvalue weighted by Crippen LogP contribution is -2.39. The van der Waals surface area contributed by atoms with Gasteiger partial charge in [0.05, 0.1) is 12.9 Å². The molecule has 5 N–H and O–H groups in total. The summed E-state index contributed by atoms with van der Waals surface area (Å²) in [6.45, 7) is -0.244. The Morgan fingerprint density at radius 2 is 2.29 bits per heavy atom. The summed E-state index contributed by atoms with van der Waals surface area (Å²) < 4.78 is 27.3. The number of carboxylic acid groups (broad SMARTS) is 1. The number of nitrogens with two attached hydrogens (primary N) is 1. The standard InChI is InChI=1S/C9H12N3O8P/c10-7-4(9(14)15)11-2-12(7)8-5(13)6-3(19-8)1-18-21(16,17)20-6/h2-3,5-6,8,13H,1,10H2,(H,14,15)(H,16,17)/t3-,5-,6-,8-/m1/s1. The van der Waals surface area contributed by atoms with E-state index in [1.54, 1.807) is 0 Å². The molecule has 0 radical (unpaired) electrons. The van der Waals surface area contributed by atoms with E-state index in [-0.39, 0.29) is 18.1 Å². The minimum atomic E-state index is -4.22. The number of hydrogen-bond donors (Lipinski definition) is 4. The van der Waals surface area contributed by atoms with Crippen molar-refractivity contribution in [2.45, 2.75) is 24.5 Å². The summed E-state index contributed by atoms with van der Waals surface area (Å²) >= 11 is 0. The molecule has 0 amide bonds. The first-order valence-corrected chi connectivity index (χ1v) is 7.34. The van der Waals surface area contributed by atoms with Crippen LogP contribution < -0.4 is 5.73 Å². The van der Waals surface area contributed by atoms with E-state index in [1.165, 1.54) is 0 Å². The minimum Gasteiger partial charge on any atom is -0.476 e. The number of phosphoric acid groups is 1. The summed E-state index contributed by atoms with van der Waals surface area (Å²) in [6, 6.07) is 0. The van der Waals surface area contributed by atoms with Crippen LogP contribution in [0.15, 0.2) is 6.33 Å². The molecule has 0 saturated carbocycles. The maximum absolute atomic E-state index is 11.3. The molecule has 2 aliphatic rings. The third-order valence-electron chi connectivity index (χ3n) is 3.28. The number of carbonyl (C=O) groups is 1. The summed E-state index contributed by atoms with van der Waals surface area (Å²) in [6.07, 6.45) is -3.20. The van der Waals surface area contributed by atoms with Crippen LogP contribution in [0.1, 0.15) is 16.7 Å². The lowest BCUT2D eigenvalue weighted by molar-refractivity contribution is -0.0668. The number of aliphatic hydroxyl groups excluding tert-OH is 1. The molecule has 2 aliphatic heterocycles. The number of nitrogen functional groups attached to an aromatic ring is 1. The first kappa shape index (κ1) is 14.4. The average molecular weight is 321 g/mol. The van der Waals surface area contributed by atoms with E-state index in [0.29, 0.717) is 0 Å². The fourth-order valence-electron chi connectivity index (χ4n) is 2.30. The lowest BCUT2D eigenvalue weighted by Gasteiger charge is -2.27. The van der Waals surface area contributed by atoms with Crippen molar-refractivity contribution in [1.82, 2.24) is 9.55 Å². The number of ether oxygens (including phenoxy) is 1. The molecule has 0 aliphatic carbocycles. The van der Waals surface area contributed by atoms with Crippen molar-refractivity contribution in [3.05, 3.63) is 12.0 Å². The second kappa shape index (κ2) is 4.77. The zero-order chi connectivity index (χ0) is 15.4. The summed E-state index contributed by atoms with van der Waals surface area (Å²) in [5.41, 5.74) is 5.26. The molecule has 3 heterocycles. The van der Waals surface area contributed by atoms with Crippen LogP contribution in [0.25, 0.3) is 0 Å². The second-order valence-corrected chi connectivity index (χ2v) is 5.99. The molecule has 1 aromatic rings. The predicted molar refractivity (Wildman–Crippen MR) is 64.2 cm³/mol. The van der Waals surface area contributed by atoms with Crippen LogP contribution in [0, 0.1) is 0 Å². The highest BCUT2D eigenvalue weighted by molar-refractivity contribution is 7.47. The number of anilines is 1. The maximum atomic E-state index is 11.3. The average Bonchev–Trinajstić information content (AvgIpc) is 2.90. The van der Waals surface area contributed by atoms with Crippen molar-refractivity contribution >= 4 is 19.6 Å². The number of nitrogens with zero attached hydrogens (tertiary/aromatic N) is 2. The Balaban J connectivity index is 1.88. The van der Waals surface area contributed by atoms with Crippen LogP contribution in [0.2, 0.25) is 0 Å². The topological polar surface area (TPSA) is 166 Å². The zero-order valence-electron chi connectivity index (χ0n) is 10.4. The van der Waals surface area contributed by atoms with Gasteiger partial charge >= 0.3 is 13.8 Å². The van der Waals surface area contributed by atoms with Crippen LogP contribution in [0.3, 0.4) is 0 Å². The number of aliphatic hydroxyl groups is 1. The minimum absolute atomic E-state index is 0.210. The number of phosphoric ester groups is 1. The number of imidazole rings is 1. The van der Waals surface area contributed by atoms with Gasteiger partial charge in [0, 0.05) is 0 Å². The third kappa shape index (κ3) is 2.33. The van der Waals surface area contributed by atoms with Crippen molar-refractivity contribution in [3.8, 4) is 0 Å². The number of rotatable bonds is 2. The van der Waals surface area contributed by atoms with Crippen molar-refractivity contribution in [2.75, 3.05) is 12.3 Å². The van der Waals surface area contributed by atoms with Gasteiger partial charge in [0.2, 0.25) is 0 Å². The van der Waals surface area contributed by atoms with Crippen LogP contribution in [-0.4, -0.2) is 55.5 Å². The van der Waals surface area contributed by atoms with Crippen LogP contribution in [0.5, 0.6) is 0 Å². The van der Waals surface area contributed by atoms with E-state index in [2.05, 4.69) is 9.51 Å². The normalized spacial score (nSPS) is 39.1. The van der Waals surface area contributed by atoms with Gasteiger partial charge < -0.3 is 25.6 Å². The van der Waals surface area contributed by atoms with E-state index in [0.717, 1.165) is 10.9 Å². The van der Waals surface area contributed by atoms with Crippen LogP contribution >= 0.6 is 7.82 Å². The highest BCUT2D eigenvalue weighted by Gasteiger charge is 2.52. The first-order valence-electron chi connectivity index (χ1n) is 5.85. The van der Waals surface area contributed by atoms with Gasteiger partial charge in [0.1, 0.15) is 24.1 Å². The lowest BCUT2D eigenvalue weighted by atomic mass is 10.1. The quantitative estimate of drug-likeness (QED) is 0.493. The molecule has 0 spiro atoms. The van der Waals surface area contributed by atoms with Crippen LogP contribution in [-0.2, 0) is 18.3 Å². The van der Waals surface area contributed by atoms with Gasteiger partial charge in [-0.3, -0.25) is 13.6 Å². The van der Waals surface area contributed by atoms with Gasteiger partial charge in [-0.2, -0.15) is 0 Å². The second-order valence-electron chi connectivity index (χ2n) is 4.58. The Bertz CT molecular complexity index is 633. The largest absolute Gasteiger partial charge is 0.476 e. The molecule has 1 unspecified atom stereocenters. The fourth-order valence-corrected chi connectivity index (χ4v) is 3.27. The summed E-state index contributed by atoms with van der Waals surface area (Å²) in [7, 11) is -4.22. The molecule has 0 aromatic carbocycles. The summed E-state index contributed by atoms with van der Waals surface area (Å²) in [5.74, 6) is -1.53. The Hall–Kier alpha value is -1.49. The van der Waals surface area contributed by atoms with E-state index in [4.69, 9.17) is 20.1 Å². The molecule has 21 heavy (non-hydrogen) atoms. The predicted octanol–water partition coefficient (Wildman–Crippen LogP) is -1.06. The number of fused-ring (bicyclic) bond motifs is 1. The van der Waals surface area contributed by atoms with Crippen molar-refractivity contribution < 1.29 is 38.3 Å². The monoisotopic (exact) mass is 321 g/mol. The number of hydrogen-bond acceptors (Lipinski definition) is 8. The molecule has 5 atom stereocenters. The third-order valence-corrected chi connectivity index (χ3v) is 4.26. The molecule has 2 fully saturated rings. The summed E-state index contributed by atoms with van der Waals surface area (Å²) in [4.78, 5) is 23.8. The molecule has 1 aromatic heterocycles. The molecule has 116 valence electrons. The van der Waals surface area contributed by atoms with Gasteiger partial charge in [0.25, 0.3) is 0 Å². The Kier molecular flexibility index (Phi) is 3.28. The van der Waals surface area contributed by atoms with Gasteiger partial charge in [0.15, 0.2) is 11.9 Å². The van der Waals surface area contributed by atoms with Gasteiger partial charge in [-0.15, -0.1) is 0 Å². The molecule has 3 rings (SSSR count). The molecular formula is C9H12N3O8P. The Morgan fingerprint density at radius 1 is 1.57 bits per heavy atom. The number of aromatic carboxylic acids is 1. The molecule has 2 saturated heterocycles. The smallest absolute Gasteiger partial charge is 0.472 e. The maximum Gasteiger partial charge on any atom is 0.472 e. The fraction of sp³-hybridized carbons (Fsp3) is 0.556. The molecule has 0 bridgehead atoms. The van der Waals surface area contributed by atoms with Crippen molar-refractivity contribution in [3.63, 3.8) is 0 Å². The number of aromatic nitrogens is 2. The number of carboxylic acids is 1. The van der Waals surface area contributed by atoms with Gasteiger partial charge in [-0.1, -0.05) is 0 Å². The summed E-state index contributed by atoms with van der Waals surface area (Å²) in [5, 5.41) is 19.0. The molecule has 11 nitrogen and oxygen atoms in total. The zero-order valence-corrected chi connectivity index (χ0v) is 11.3. The molecule has 12 heteroatoms.